The third-order valence-corrected chi connectivity index (χ3v) is 3.34. The van der Waals surface area contributed by atoms with Crippen LogP contribution in [-0.2, 0) is 0 Å². The molecule has 0 heterocycles. The number of Topliss-reactive ketones (excluding diaryl/α,β-unsaturated/α-hetero) is 1. The summed E-state index contributed by atoms with van der Waals surface area (Å²) in [5.41, 5.74) is 6.33. The number of ketones is 1. The summed E-state index contributed by atoms with van der Waals surface area (Å²) in [6.07, 6.45) is 1.76. The number of fused-ring (bicyclic) bond motifs is 1. The van der Waals surface area contributed by atoms with Crippen LogP contribution in [0.3, 0.4) is 0 Å². The van der Waals surface area contributed by atoms with Gasteiger partial charge in [0.1, 0.15) is 0 Å². The summed E-state index contributed by atoms with van der Waals surface area (Å²) in [4.78, 5) is 12.4. The van der Waals surface area contributed by atoms with Crippen molar-refractivity contribution in [2.24, 2.45) is 11.7 Å². The molecule has 94 valence electrons. The average Bonchev–Trinajstić information content (AvgIpc) is 2.43. The Kier molecular flexibility index (Phi) is 4.11. The predicted octanol–water partition coefficient (Wildman–Crippen LogP) is 3.40. The summed E-state index contributed by atoms with van der Waals surface area (Å²) >= 11 is 0. The van der Waals surface area contributed by atoms with Crippen LogP contribution in [0.25, 0.3) is 10.8 Å². The van der Waals surface area contributed by atoms with Crippen molar-refractivity contribution in [3.63, 3.8) is 0 Å². The zero-order valence-corrected chi connectivity index (χ0v) is 10.7. The molecular weight excluding hydrogens is 222 g/mol. The standard InChI is InChI=1S/C16H19NO/c1-12(6-5-11-17)16(18)15-10-4-8-13-7-2-3-9-14(13)15/h2-4,7-10,12H,5-6,11,17H2,1H3. The fourth-order valence-electron chi connectivity index (χ4n) is 2.26. The number of hydrogen-bond donors (Lipinski definition) is 1. The van der Waals surface area contributed by atoms with Gasteiger partial charge in [-0.3, -0.25) is 4.79 Å². The van der Waals surface area contributed by atoms with Gasteiger partial charge in [-0.2, -0.15) is 0 Å². The van der Waals surface area contributed by atoms with Gasteiger partial charge in [-0.15, -0.1) is 0 Å². The lowest BCUT2D eigenvalue weighted by molar-refractivity contribution is 0.0925. The van der Waals surface area contributed by atoms with Crippen molar-refractivity contribution in [3.05, 3.63) is 48.0 Å². The van der Waals surface area contributed by atoms with Crippen molar-refractivity contribution in [2.75, 3.05) is 6.54 Å². The number of hydrogen-bond acceptors (Lipinski definition) is 2. The smallest absolute Gasteiger partial charge is 0.166 e. The van der Waals surface area contributed by atoms with Crippen LogP contribution >= 0.6 is 0 Å². The lowest BCUT2D eigenvalue weighted by Crippen LogP contribution is -2.13. The fourth-order valence-corrected chi connectivity index (χ4v) is 2.26. The van der Waals surface area contributed by atoms with E-state index in [-0.39, 0.29) is 11.7 Å². The zero-order valence-electron chi connectivity index (χ0n) is 10.7. The predicted molar refractivity (Wildman–Crippen MR) is 75.7 cm³/mol. The van der Waals surface area contributed by atoms with E-state index in [1.807, 2.05) is 49.4 Å². The molecule has 0 aliphatic carbocycles. The molecule has 0 aliphatic rings. The Bertz CT molecular complexity index is 542. The summed E-state index contributed by atoms with van der Waals surface area (Å²) in [7, 11) is 0. The first kappa shape index (κ1) is 12.8. The van der Waals surface area contributed by atoms with Gasteiger partial charge in [0.05, 0.1) is 0 Å². The van der Waals surface area contributed by atoms with E-state index in [9.17, 15) is 4.79 Å². The molecule has 1 unspecified atom stereocenters. The van der Waals surface area contributed by atoms with Crippen LogP contribution in [0.1, 0.15) is 30.1 Å². The zero-order chi connectivity index (χ0) is 13.0. The monoisotopic (exact) mass is 241 g/mol. The number of carbonyl (C=O) groups is 1. The molecule has 0 fully saturated rings. The van der Waals surface area contributed by atoms with Crippen molar-refractivity contribution in [1.82, 2.24) is 0 Å². The van der Waals surface area contributed by atoms with Crippen LogP contribution in [0.5, 0.6) is 0 Å². The molecule has 2 rings (SSSR count). The van der Waals surface area contributed by atoms with E-state index in [1.54, 1.807) is 0 Å². The van der Waals surface area contributed by atoms with E-state index in [1.165, 1.54) is 0 Å². The second-order valence-corrected chi connectivity index (χ2v) is 4.72. The van der Waals surface area contributed by atoms with E-state index < -0.39 is 0 Å². The molecule has 2 aromatic rings. The van der Waals surface area contributed by atoms with Gasteiger partial charge in [0.2, 0.25) is 0 Å². The Morgan fingerprint density at radius 1 is 1.17 bits per heavy atom. The van der Waals surface area contributed by atoms with Gasteiger partial charge in [0.25, 0.3) is 0 Å². The first-order chi connectivity index (χ1) is 8.74. The largest absolute Gasteiger partial charge is 0.330 e. The van der Waals surface area contributed by atoms with E-state index in [0.29, 0.717) is 6.54 Å². The highest BCUT2D eigenvalue weighted by Crippen LogP contribution is 2.22. The highest BCUT2D eigenvalue weighted by atomic mass is 16.1. The maximum atomic E-state index is 12.4. The van der Waals surface area contributed by atoms with Crippen molar-refractivity contribution >= 4 is 16.6 Å². The Balaban J connectivity index is 2.33. The minimum Gasteiger partial charge on any atom is -0.330 e. The van der Waals surface area contributed by atoms with Crippen LogP contribution in [0.2, 0.25) is 0 Å². The van der Waals surface area contributed by atoms with Crippen LogP contribution in [-0.4, -0.2) is 12.3 Å². The molecule has 2 nitrogen and oxygen atoms in total. The second-order valence-electron chi connectivity index (χ2n) is 4.72. The first-order valence-electron chi connectivity index (χ1n) is 6.46. The molecule has 0 saturated heterocycles. The molecule has 2 heteroatoms. The van der Waals surface area contributed by atoms with Crippen molar-refractivity contribution in [1.29, 1.82) is 0 Å². The highest BCUT2D eigenvalue weighted by Gasteiger charge is 2.16. The molecule has 0 aliphatic heterocycles. The molecule has 0 saturated carbocycles. The molecule has 0 spiro atoms. The molecule has 0 radical (unpaired) electrons. The van der Waals surface area contributed by atoms with Crippen LogP contribution in [0.15, 0.2) is 42.5 Å². The molecular formula is C16H19NO. The van der Waals surface area contributed by atoms with E-state index in [4.69, 9.17) is 5.73 Å². The third kappa shape index (κ3) is 2.59. The van der Waals surface area contributed by atoms with Gasteiger partial charge in [-0.05, 0) is 30.2 Å². The summed E-state index contributed by atoms with van der Waals surface area (Å²) in [5.74, 6) is 0.264. The van der Waals surface area contributed by atoms with E-state index in [2.05, 4.69) is 0 Å². The highest BCUT2D eigenvalue weighted by molar-refractivity contribution is 6.08. The Morgan fingerprint density at radius 3 is 2.67 bits per heavy atom. The quantitative estimate of drug-likeness (QED) is 0.815. The molecule has 0 aromatic heterocycles. The van der Waals surface area contributed by atoms with Gasteiger partial charge in [0, 0.05) is 11.5 Å². The minimum absolute atomic E-state index is 0.0411. The Morgan fingerprint density at radius 2 is 1.89 bits per heavy atom. The van der Waals surface area contributed by atoms with E-state index >= 15 is 0 Å². The van der Waals surface area contributed by atoms with Crippen LogP contribution in [0, 0.1) is 5.92 Å². The average molecular weight is 241 g/mol. The normalized spacial score (nSPS) is 12.6. The van der Waals surface area contributed by atoms with Crippen molar-refractivity contribution < 1.29 is 4.79 Å². The topological polar surface area (TPSA) is 43.1 Å². The lowest BCUT2D eigenvalue weighted by atomic mass is 9.92. The summed E-state index contributed by atoms with van der Waals surface area (Å²) in [6, 6.07) is 13.9. The van der Waals surface area contributed by atoms with Gasteiger partial charge in [0.15, 0.2) is 5.78 Å². The maximum Gasteiger partial charge on any atom is 0.166 e. The number of nitrogens with two attached hydrogens (primary N) is 1. The molecule has 1 atom stereocenters. The van der Waals surface area contributed by atoms with Crippen LogP contribution < -0.4 is 5.73 Å². The van der Waals surface area contributed by atoms with Gasteiger partial charge in [-0.1, -0.05) is 49.4 Å². The fraction of sp³-hybridized carbons (Fsp3) is 0.312. The summed E-state index contributed by atoms with van der Waals surface area (Å²) in [6.45, 7) is 2.63. The SMILES string of the molecule is CC(CCCN)C(=O)c1cccc2ccccc12. The van der Waals surface area contributed by atoms with Crippen molar-refractivity contribution in [2.45, 2.75) is 19.8 Å². The molecule has 2 aromatic carbocycles. The van der Waals surface area contributed by atoms with Crippen LogP contribution in [0.4, 0.5) is 0 Å². The second kappa shape index (κ2) is 5.78. The minimum atomic E-state index is 0.0411. The molecule has 0 bridgehead atoms. The lowest BCUT2D eigenvalue weighted by Gasteiger charge is -2.11. The number of carbonyl (C=O) groups excluding carboxylic acids is 1. The Labute approximate surface area is 108 Å². The Hall–Kier alpha value is -1.67. The summed E-state index contributed by atoms with van der Waals surface area (Å²) < 4.78 is 0. The molecule has 0 amide bonds. The summed E-state index contributed by atoms with van der Waals surface area (Å²) in [5, 5.41) is 2.17. The first-order valence-corrected chi connectivity index (χ1v) is 6.46. The third-order valence-electron chi connectivity index (χ3n) is 3.34. The maximum absolute atomic E-state index is 12.4. The molecule has 2 N–H and O–H groups in total. The van der Waals surface area contributed by atoms with Crippen molar-refractivity contribution in [3.8, 4) is 0 Å². The van der Waals surface area contributed by atoms with Gasteiger partial charge in [-0.25, -0.2) is 0 Å². The molecule has 18 heavy (non-hydrogen) atoms. The number of benzene rings is 2. The van der Waals surface area contributed by atoms with Gasteiger partial charge < -0.3 is 5.73 Å². The van der Waals surface area contributed by atoms with E-state index in [0.717, 1.165) is 29.2 Å². The van der Waals surface area contributed by atoms with Gasteiger partial charge >= 0.3 is 0 Å². The number of rotatable bonds is 5.